The van der Waals surface area contributed by atoms with E-state index in [1.807, 2.05) is 24.3 Å². The zero-order valence-electron chi connectivity index (χ0n) is 13.5. The molecule has 0 aliphatic heterocycles. The molecule has 1 aliphatic carbocycles. The van der Waals surface area contributed by atoms with Crippen molar-refractivity contribution in [3.8, 4) is 5.69 Å². The second-order valence-electron chi connectivity index (χ2n) is 6.28. The summed E-state index contributed by atoms with van der Waals surface area (Å²) in [4.78, 5) is 16.5. The van der Waals surface area contributed by atoms with Crippen molar-refractivity contribution in [2.45, 2.75) is 24.8 Å². The maximum absolute atomic E-state index is 13.1. The van der Waals surface area contributed by atoms with Gasteiger partial charge in [0.1, 0.15) is 18.5 Å². The summed E-state index contributed by atoms with van der Waals surface area (Å²) >= 11 is 0. The first-order valence-corrected chi connectivity index (χ1v) is 8.16. The van der Waals surface area contributed by atoms with Crippen LogP contribution in [-0.2, 0) is 16.8 Å². The van der Waals surface area contributed by atoms with Gasteiger partial charge in [-0.05, 0) is 48.2 Å². The minimum atomic E-state index is -0.492. The summed E-state index contributed by atoms with van der Waals surface area (Å²) in [5.41, 5.74) is 2.31. The molecule has 1 aromatic heterocycles. The number of carbonyl (C=O) groups is 1. The van der Waals surface area contributed by atoms with Crippen LogP contribution in [0.2, 0.25) is 0 Å². The third-order valence-electron chi connectivity index (χ3n) is 4.65. The second-order valence-corrected chi connectivity index (χ2v) is 6.28. The Hall–Kier alpha value is -3.02. The minimum absolute atomic E-state index is 0.000499. The predicted octanol–water partition coefficient (Wildman–Crippen LogP) is 2.75. The average Bonchev–Trinajstić information content (AvgIpc) is 3.27. The number of nitrogens with one attached hydrogen (secondary N) is 1. The maximum Gasteiger partial charge on any atom is 0.230 e. The number of carbonyl (C=O) groups excluding carboxylic acids is 1. The van der Waals surface area contributed by atoms with E-state index >= 15 is 0 Å². The van der Waals surface area contributed by atoms with Gasteiger partial charge in [-0.3, -0.25) is 4.79 Å². The van der Waals surface area contributed by atoms with Crippen molar-refractivity contribution < 1.29 is 9.18 Å². The summed E-state index contributed by atoms with van der Waals surface area (Å²) in [6.45, 7) is 0.458. The van der Waals surface area contributed by atoms with Crippen LogP contribution in [0.15, 0.2) is 61.2 Å². The van der Waals surface area contributed by atoms with Gasteiger partial charge < -0.3 is 5.32 Å². The SMILES string of the molecule is O=C(NCc1ccc(-n2cncn2)cc1)C1(c2ccc(F)cc2)CC1. The van der Waals surface area contributed by atoms with Gasteiger partial charge >= 0.3 is 0 Å². The smallest absolute Gasteiger partial charge is 0.230 e. The van der Waals surface area contributed by atoms with Gasteiger partial charge in [-0.25, -0.2) is 14.1 Å². The van der Waals surface area contributed by atoms with Crippen molar-refractivity contribution in [1.82, 2.24) is 20.1 Å². The van der Waals surface area contributed by atoms with Crippen LogP contribution in [0.4, 0.5) is 4.39 Å². The molecule has 0 bridgehead atoms. The lowest BCUT2D eigenvalue weighted by Gasteiger charge is -2.16. The van der Waals surface area contributed by atoms with Crippen LogP contribution in [0.5, 0.6) is 0 Å². The van der Waals surface area contributed by atoms with E-state index in [-0.39, 0.29) is 11.7 Å². The highest BCUT2D eigenvalue weighted by Gasteiger charge is 2.51. The Morgan fingerprint density at radius 2 is 1.84 bits per heavy atom. The summed E-state index contributed by atoms with van der Waals surface area (Å²) in [7, 11) is 0. The Morgan fingerprint density at radius 3 is 2.44 bits per heavy atom. The molecule has 6 heteroatoms. The lowest BCUT2D eigenvalue weighted by Crippen LogP contribution is -2.34. The van der Waals surface area contributed by atoms with Gasteiger partial charge in [0.2, 0.25) is 5.91 Å². The highest BCUT2D eigenvalue weighted by molar-refractivity contribution is 5.91. The molecule has 1 heterocycles. The predicted molar refractivity (Wildman–Crippen MR) is 90.5 cm³/mol. The molecule has 0 spiro atoms. The summed E-state index contributed by atoms with van der Waals surface area (Å²) in [6.07, 6.45) is 4.72. The normalized spacial score (nSPS) is 14.9. The largest absolute Gasteiger partial charge is 0.351 e. The molecule has 5 nitrogen and oxygen atoms in total. The third-order valence-corrected chi connectivity index (χ3v) is 4.65. The van der Waals surface area contributed by atoms with Crippen molar-refractivity contribution >= 4 is 5.91 Å². The van der Waals surface area contributed by atoms with E-state index < -0.39 is 5.41 Å². The lowest BCUT2D eigenvalue weighted by molar-refractivity contribution is -0.123. The molecule has 1 fully saturated rings. The third kappa shape index (κ3) is 3.03. The molecule has 1 saturated carbocycles. The van der Waals surface area contributed by atoms with Crippen molar-refractivity contribution in [1.29, 1.82) is 0 Å². The van der Waals surface area contributed by atoms with E-state index in [9.17, 15) is 9.18 Å². The van der Waals surface area contributed by atoms with Crippen molar-refractivity contribution in [3.63, 3.8) is 0 Å². The fraction of sp³-hybridized carbons (Fsp3) is 0.211. The molecular formula is C19H17FN4O. The highest BCUT2D eigenvalue weighted by Crippen LogP contribution is 2.48. The van der Waals surface area contributed by atoms with Crippen LogP contribution in [0, 0.1) is 5.82 Å². The second kappa shape index (κ2) is 6.12. The number of halogens is 1. The zero-order valence-corrected chi connectivity index (χ0v) is 13.5. The number of hydrogen-bond donors (Lipinski definition) is 1. The number of aromatic nitrogens is 3. The summed E-state index contributed by atoms with van der Waals surface area (Å²) < 4.78 is 14.8. The summed E-state index contributed by atoms with van der Waals surface area (Å²) in [5.74, 6) is -0.285. The molecule has 3 aromatic rings. The monoisotopic (exact) mass is 336 g/mol. The molecule has 0 unspecified atom stereocenters. The molecular weight excluding hydrogens is 319 g/mol. The van der Waals surface area contributed by atoms with Crippen LogP contribution in [0.25, 0.3) is 5.69 Å². The molecule has 1 amide bonds. The van der Waals surface area contributed by atoms with Gasteiger partial charge in [0.25, 0.3) is 0 Å². The van der Waals surface area contributed by atoms with Crippen LogP contribution in [0.1, 0.15) is 24.0 Å². The van der Waals surface area contributed by atoms with Crippen molar-refractivity contribution in [2.24, 2.45) is 0 Å². The Bertz CT molecular complexity index is 869. The Kier molecular flexibility index (Phi) is 3.80. The first-order valence-electron chi connectivity index (χ1n) is 8.16. The quantitative estimate of drug-likeness (QED) is 0.779. The van der Waals surface area contributed by atoms with Crippen molar-refractivity contribution in [3.05, 3.63) is 78.1 Å². The maximum atomic E-state index is 13.1. The molecule has 2 aromatic carbocycles. The Labute approximate surface area is 144 Å². The molecule has 0 saturated heterocycles. The number of rotatable bonds is 5. The van der Waals surface area contributed by atoms with Crippen LogP contribution in [-0.4, -0.2) is 20.7 Å². The van der Waals surface area contributed by atoms with Gasteiger partial charge in [0, 0.05) is 6.54 Å². The zero-order chi connectivity index (χ0) is 17.3. The molecule has 25 heavy (non-hydrogen) atoms. The fourth-order valence-electron chi connectivity index (χ4n) is 3.00. The van der Waals surface area contributed by atoms with E-state index in [1.54, 1.807) is 23.1 Å². The van der Waals surface area contributed by atoms with E-state index in [0.717, 1.165) is 29.7 Å². The van der Waals surface area contributed by atoms with Gasteiger partial charge in [0.15, 0.2) is 0 Å². The first-order chi connectivity index (χ1) is 12.2. The number of benzene rings is 2. The average molecular weight is 336 g/mol. The summed E-state index contributed by atoms with van der Waals surface area (Å²) in [5, 5.41) is 7.08. The standard InChI is InChI=1S/C19H17FN4O/c20-16-5-3-15(4-6-16)19(9-10-19)18(25)22-11-14-1-7-17(8-2-14)24-13-21-12-23-24/h1-8,12-13H,9-11H2,(H,22,25). The van der Waals surface area contributed by atoms with Crippen molar-refractivity contribution in [2.75, 3.05) is 0 Å². The van der Waals surface area contributed by atoms with Crippen LogP contribution in [0.3, 0.4) is 0 Å². The van der Waals surface area contributed by atoms with Gasteiger partial charge in [-0.15, -0.1) is 0 Å². The molecule has 1 N–H and O–H groups in total. The molecule has 0 atom stereocenters. The topological polar surface area (TPSA) is 59.8 Å². The number of hydrogen-bond acceptors (Lipinski definition) is 3. The minimum Gasteiger partial charge on any atom is -0.351 e. The summed E-state index contributed by atoms with van der Waals surface area (Å²) in [6, 6.07) is 14.0. The lowest BCUT2D eigenvalue weighted by atomic mass is 9.95. The molecule has 1 aliphatic rings. The Balaban J connectivity index is 1.41. The molecule has 0 radical (unpaired) electrons. The van der Waals surface area contributed by atoms with Gasteiger partial charge in [0.05, 0.1) is 11.1 Å². The van der Waals surface area contributed by atoms with E-state index in [4.69, 9.17) is 0 Å². The van der Waals surface area contributed by atoms with E-state index in [2.05, 4.69) is 15.4 Å². The molecule has 4 rings (SSSR count). The molecule has 126 valence electrons. The van der Waals surface area contributed by atoms with Crippen LogP contribution < -0.4 is 5.32 Å². The van der Waals surface area contributed by atoms with E-state index in [1.165, 1.54) is 18.5 Å². The Morgan fingerprint density at radius 1 is 1.12 bits per heavy atom. The first kappa shape index (κ1) is 15.5. The highest BCUT2D eigenvalue weighted by atomic mass is 19.1. The van der Waals surface area contributed by atoms with Gasteiger partial charge in [-0.2, -0.15) is 5.10 Å². The van der Waals surface area contributed by atoms with Gasteiger partial charge in [-0.1, -0.05) is 24.3 Å². The number of amides is 1. The van der Waals surface area contributed by atoms with Crippen LogP contribution >= 0.6 is 0 Å². The number of nitrogens with zero attached hydrogens (tertiary/aromatic N) is 3. The van der Waals surface area contributed by atoms with E-state index in [0.29, 0.717) is 6.54 Å². The fourth-order valence-corrected chi connectivity index (χ4v) is 3.00.